The Balaban J connectivity index is 1.67. The van der Waals surface area contributed by atoms with Gasteiger partial charge in [0.1, 0.15) is 6.61 Å². The molecule has 3 rings (SSSR count). The maximum absolute atomic E-state index is 12.6. The number of carbonyl (C=O) groups is 1. The van der Waals surface area contributed by atoms with Gasteiger partial charge >= 0.3 is 0 Å². The highest BCUT2D eigenvalue weighted by molar-refractivity contribution is 6.06. The van der Waals surface area contributed by atoms with E-state index in [9.17, 15) is 4.79 Å². The number of carbonyl (C=O) groups excluding carboxylic acids is 1. The summed E-state index contributed by atoms with van der Waals surface area (Å²) in [7, 11) is 1.60. The third kappa shape index (κ3) is 3.94. The number of methoxy groups -OCH3 is 1. The number of aromatic nitrogens is 1. The van der Waals surface area contributed by atoms with Crippen LogP contribution in [0.1, 0.15) is 21.6 Å². The van der Waals surface area contributed by atoms with E-state index in [1.165, 1.54) is 0 Å². The fourth-order valence-electron chi connectivity index (χ4n) is 2.82. The number of hydrogen-bond acceptors (Lipinski definition) is 4. The van der Waals surface area contributed by atoms with Crippen molar-refractivity contribution in [1.29, 1.82) is 0 Å². The molecule has 3 aromatic rings. The fraction of sp³-hybridized carbons (Fsp3) is 0.238. The quantitative estimate of drug-likeness (QED) is 0.689. The predicted molar refractivity (Wildman–Crippen MR) is 102 cm³/mol. The van der Waals surface area contributed by atoms with E-state index in [2.05, 4.69) is 10.3 Å². The van der Waals surface area contributed by atoms with Crippen LogP contribution < -0.4 is 14.8 Å². The SMILES string of the molecule is COc1ccccc1OCCNC(=O)c1cc(C)nc2ccc(C)cc12. The Labute approximate surface area is 153 Å². The summed E-state index contributed by atoms with van der Waals surface area (Å²) in [5.74, 6) is 1.20. The van der Waals surface area contributed by atoms with Crippen LogP contribution in [-0.4, -0.2) is 31.2 Å². The summed E-state index contributed by atoms with van der Waals surface area (Å²) >= 11 is 0. The highest BCUT2D eigenvalue weighted by Gasteiger charge is 2.12. The van der Waals surface area contributed by atoms with Gasteiger partial charge in [0.05, 0.1) is 24.7 Å². The van der Waals surface area contributed by atoms with Crippen LogP contribution in [-0.2, 0) is 0 Å². The van der Waals surface area contributed by atoms with E-state index < -0.39 is 0 Å². The Morgan fingerprint density at radius 1 is 1.08 bits per heavy atom. The molecule has 1 amide bonds. The molecule has 0 aliphatic heterocycles. The zero-order valence-electron chi connectivity index (χ0n) is 15.2. The number of nitrogens with zero attached hydrogens (tertiary/aromatic N) is 1. The molecular formula is C21H22N2O3. The molecule has 0 saturated carbocycles. The largest absolute Gasteiger partial charge is 0.493 e. The zero-order chi connectivity index (χ0) is 18.5. The minimum atomic E-state index is -0.130. The van der Waals surface area contributed by atoms with Gasteiger partial charge in [-0.2, -0.15) is 0 Å². The fourth-order valence-corrected chi connectivity index (χ4v) is 2.82. The van der Waals surface area contributed by atoms with Crippen LogP contribution in [0, 0.1) is 13.8 Å². The van der Waals surface area contributed by atoms with Crippen LogP contribution in [0.5, 0.6) is 11.5 Å². The van der Waals surface area contributed by atoms with E-state index in [-0.39, 0.29) is 5.91 Å². The van der Waals surface area contributed by atoms with Crippen molar-refractivity contribution in [1.82, 2.24) is 10.3 Å². The van der Waals surface area contributed by atoms with Gasteiger partial charge in [-0.05, 0) is 44.2 Å². The average Bonchev–Trinajstić information content (AvgIpc) is 2.65. The van der Waals surface area contributed by atoms with Gasteiger partial charge < -0.3 is 14.8 Å². The van der Waals surface area contributed by atoms with Crippen LogP contribution in [0.3, 0.4) is 0 Å². The Kier molecular flexibility index (Phi) is 5.37. The smallest absolute Gasteiger partial charge is 0.252 e. The van der Waals surface area contributed by atoms with Crippen molar-refractivity contribution in [3.63, 3.8) is 0 Å². The van der Waals surface area contributed by atoms with Crippen molar-refractivity contribution in [2.75, 3.05) is 20.3 Å². The number of ether oxygens (including phenoxy) is 2. The molecule has 26 heavy (non-hydrogen) atoms. The van der Waals surface area contributed by atoms with Crippen molar-refractivity contribution in [2.24, 2.45) is 0 Å². The second kappa shape index (κ2) is 7.87. The summed E-state index contributed by atoms with van der Waals surface area (Å²) in [4.78, 5) is 17.1. The van der Waals surface area contributed by atoms with Crippen molar-refractivity contribution in [2.45, 2.75) is 13.8 Å². The standard InChI is InChI=1S/C21H22N2O3/c1-14-8-9-18-16(12-14)17(13-15(2)23-18)21(24)22-10-11-26-20-7-5-4-6-19(20)25-3/h4-9,12-13H,10-11H2,1-3H3,(H,22,24). The van der Waals surface area contributed by atoms with Crippen LogP contribution >= 0.6 is 0 Å². The van der Waals surface area contributed by atoms with Gasteiger partial charge in [0, 0.05) is 11.1 Å². The molecule has 0 atom stereocenters. The molecule has 0 unspecified atom stereocenters. The summed E-state index contributed by atoms with van der Waals surface area (Å²) in [5.41, 5.74) is 3.37. The average molecular weight is 350 g/mol. The second-order valence-corrected chi connectivity index (χ2v) is 6.09. The second-order valence-electron chi connectivity index (χ2n) is 6.09. The molecule has 1 N–H and O–H groups in total. The maximum Gasteiger partial charge on any atom is 0.252 e. The molecule has 0 fully saturated rings. The lowest BCUT2D eigenvalue weighted by atomic mass is 10.0. The number of benzene rings is 2. The molecule has 1 heterocycles. The Morgan fingerprint density at radius 3 is 2.62 bits per heavy atom. The number of nitrogens with one attached hydrogen (secondary N) is 1. The van der Waals surface area contributed by atoms with Crippen molar-refractivity contribution in [3.05, 3.63) is 65.4 Å². The van der Waals surface area contributed by atoms with Gasteiger partial charge in [-0.15, -0.1) is 0 Å². The molecule has 0 saturated heterocycles. The minimum Gasteiger partial charge on any atom is -0.493 e. The first-order valence-corrected chi connectivity index (χ1v) is 8.50. The van der Waals surface area contributed by atoms with E-state index in [1.54, 1.807) is 7.11 Å². The number of fused-ring (bicyclic) bond motifs is 1. The Hall–Kier alpha value is -3.08. The van der Waals surface area contributed by atoms with Gasteiger partial charge in [0.15, 0.2) is 11.5 Å². The summed E-state index contributed by atoms with van der Waals surface area (Å²) in [6.45, 7) is 4.64. The third-order valence-corrected chi connectivity index (χ3v) is 4.05. The van der Waals surface area contributed by atoms with Crippen LogP contribution in [0.4, 0.5) is 0 Å². The minimum absolute atomic E-state index is 0.130. The predicted octanol–water partition coefficient (Wildman–Crippen LogP) is 3.67. The number of aryl methyl sites for hydroxylation is 2. The lowest BCUT2D eigenvalue weighted by Gasteiger charge is -2.12. The molecule has 0 aliphatic carbocycles. The summed E-state index contributed by atoms with van der Waals surface area (Å²) in [6.07, 6.45) is 0. The first kappa shape index (κ1) is 17.7. The monoisotopic (exact) mass is 350 g/mol. The van der Waals surface area contributed by atoms with Crippen LogP contribution in [0.25, 0.3) is 10.9 Å². The van der Waals surface area contributed by atoms with Crippen LogP contribution in [0.2, 0.25) is 0 Å². The Bertz CT molecular complexity index is 938. The first-order chi connectivity index (χ1) is 12.6. The number of hydrogen-bond donors (Lipinski definition) is 1. The molecule has 134 valence electrons. The van der Waals surface area contributed by atoms with E-state index in [4.69, 9.17) is 9.47 Å². The lowest BCUT2D eigenvalue weighted by molar-refractivity contribution is 0.0948. The van der Waals surface area contributed by atoms with Crippen molar-refractivity contribution in [3.8, 4) is 11.5 Å². The van der Waals surface area contributed by atoms with Gasteiger partial charge in [0.25, 0.3) is 5.91 Å². The van der Waals surface area contributed by atoms with Crippen molar-refractivity contribution < 1.29 is 14.3 Å². The van der Waals surface area contributed by atoms with Crippen molar-refractivity contribution >= 4 is 16.8 Å². The number of rotatable bonds is 6. The zero-order valence-corrected chi connectivity index (χ0v) is 15.2. The topological polar surface area (TPSA) is 60.5 Å². The molecular weight excluding hydrogens is 328 g/mol. The van der Waals surface area contributed by atoms with Crippen LogP contribution in [0.15, 0.2) is 48.5 Å². The lowest BCUT2D eigenvalue weighted by Crippen LogP contribution is -2.28. The first-order valence-electron chi connectivity index (χ1n) is 8.50. The number of amides is 1. The third-order valence-electron chi connectivity index (χ3n) is 4.05. The summed E-state index contributed by atoms with van der Waals surface area (Å²) < 4.78 is 10.9. The molecule has 0 radical (unpaired) electrons. The molecule has 0 bridgehead atoms. The molecule has 0 spiro atoms. The molecule has 1 aromatic heterocycles. The molecule has 5 nitrogen and oxygen atoms in total. The highest BCUT2D eigenvalue weighted by Crippen LogP contribution is 2.25. The summed E-state index contributed by atoms with van der Waals surface area (Å²) in [6, 6.07) is 15.2. The van der Waals surface area contributed by atoms with Gasteiger partial charge in [-0.3, -0.25) is 9.78 Å². The number of pyridine rings is 1. The molecule has 2 aromatic carbocycles. The van der Waals surface area contributed by atoms with E-state index >= 15 is 0 Å². The van der Waals surface area contributed by atoms with E-state index in [1.807, 2.05) is 62.4 Å². The molecule has 5 heteroatoms. The van der Waals surface area contributed by atoms with Gasteiger partial charge in [0.2, 0.25) is 0 Å². The van der Waals surface area contributed by atoms with Gasteiger partial charge in [-0.1, -0.05) is 23.8 Å². The van der Waals surface area contributed by atoms with Gasteiger partial charge in [-0.25, -0.2) is 0 Å². The molecule has 0 aliphatic rings. The Morgan fingerprint density at radius 2 is 1.85 bits per heavy atom. The van der Waals surface area contributed by atoms with E-state index in [0.717, 1.165) is 22.2 Å². The highest BCUT2D eigenvalue weighted by atomic mass is 16.5. The van der Waals surface area contributed by atoms with E-state index in [0.29, 0.717) is 30.2 Å². The summed E-state index contributed by atoms with van der Waals surface area (Å²) in [5, 5.41) is 3.77. The normalized spacial score (nSPS) is 10.6. The maximum atomic E-state index is 12.6. The number of para-hydroxylation sites is 2.